The van der Waals surface area contributed by atoms with Crippen LogP contribution in [0.25, 0.3) is 0 Å². The van der Waals surface area contributed by atoms with E-state index in [-0.39, 0.29) is 23.3 Å². The summed E-state index contributed by atoms with van der Waals surface area (Å²) >= 11 is 0. The van der Waals surface area contributed by atoms with Crippen molar-refractivity contribution in [1.29, 1.82) is 0 Å². The summed E-state index contributed by atoms with van der Waals surface area (Å²) in [6, 6.07) is 14.4. The Morgan fingerprint density at radius 2 is 1.57 bits per heavy atom. The smallest absolute Gasteiger partial charge is 0.414 e. The van der Waals surface area contributed by atoms with E-state index in [2.05, 4.69) is 35.6 Å². The van der Waals surface area contributed by atoms with Crippen molar-refractivity contribution >= 4 is 29.5 Å². The van der Waals surface area contributed by atoms with E-state index >= 15 is 0 Å². The Bertz CT molecular complexity index is 1230. The number of piperazine rings is 1. The molecule has 40 heavy (non-hydrogen) atoms. The second kappa shape index (κ2) is 12.6. The number of benzene rings is 2. The molecule has 10 heteroatoms. The first-order chi connectivity index (χ1) is 19.0. The number of amides is 2. The van der Waals surface area contributed by atoms with Crippen molar-refractivity contribution in [2.45, 2.75) is 39.2 Å². The van der Waals surface area contributed by atoms with Gasteiger partial charge in [-0.2, -0.15) is 4.99 Å². The highest BCUT2D eigenvalue weighted by Gasteiger charge is 2.34. The fraction of sp³-hybridized carbons (Fsp3) is 0.467. The number of cyclic esters (lactones) is 1. The molecule has 2 aliphatic heterocycles. The van der Waals surface area contributed by atoms with Gasteiger partial charge in [-0.05, 0) is 54.3 Å². The number of rotatable bonds is 8. The van der Waals surface area contributed by atoms with Gasteiger partial charge < -0.3 is 15.2 Å². The average molecular weight is 550 g/mol. The minimum absolute atomic E-state index is 0.00461. The predicted octanol–water partition coefficient (Wildman–Crippen LogP) is 3.04. The number of carbonyl (C=O) groups excluding carboxylic acids is 3. The van der Waals surface area contributed by atoms with Gasteiger partial charge in [-0.15, -0.1) is 0 Å². The number of hydrogen-bond acceptors (Lipinski definition) is 7. The third kappa shape index (κ3) is 7.45. The molecule has 2 aromatic carbocycles. The lowest BCUT2D eigenvalue weighted by molar-refractivity contribution is -0.144. The number of anilines is 1. The largest absolute Gasteiger partial charge is 0.465 e. The number of nitrogens with two attached hydrogens (primary N) is 1. The topological polar surface area (TPSA) is 118 Å². The lowest BCUT2D eigenvalue weighted by Gasteiger charge is -2.34. The number of nitrogens with zero attached hydrogens (tertiary/aromatic N) is 4. The number of amidine groups is 1. The minimum Gasteiger partial charge on any atom is -0.465 e. The van der Waals surface area contributed by atoms with Crippen LogP contribution >= 0.6 is 0 Å². The molecule has 214 valence electrons. The van der Waals surface area contributed by atoms with Gasteiger partial charge in [-0.25, -0.2) is 4.79 Å². The molecule has 0 radical (unpaired) electrons. The van der Waals surface area contributed by atoms with Gasteiger partial charge in [0.1, 0.15) is 11.9 Å². The maximum absolute atomic E-state index is 12.6. The highest BCUT2D eigenvalue weighted by molar-refractivity contribution is 6.09. The molecule has 0 saturated carbocycles. The molecule has 1 unspecified atom stereocenters. The summed E-state index contributed by atoms with van der Waals surface area (Å²) in [5, 5.41) is 0. The van der Waals surface area contributed by atoms with Gasteiger partial charge in [0.05, 0.1) is 19.7 Å². The van der Waals surface area contributed by atoms with Crippen LogP contribution in [0.3, 0.4) is 0 Å². The zero-order chi connectivity index (χ0) is 28.9. The lowest BCUT2D eigenvalue weighted by atomic mass is 9.87. The third-order valence-corrected chi connectivity index (χ3v) is 7.15. The van der Waals surface area contributed by atoms with Crippen LogP contribution in [-0.2, 0) is 19.7 Å². The molecule has 2 fully saturated rings. The number of carbonyl (C=O) groups is 3. The van der Waals surface area contributed by atoms with Crippen molar-refractivity contribution in [3.05, 3.63) is 65.2 Å². The first-order valence-electron chi connectivity index (χ1n) is 13.7. The molecular formula is C30H39N5O5. The number of ether oxygens (including phenoxy) is 2. The Balaban J connectivity index is 1.30. The molecule has 0 spiro atoms. The summed E-state index contributed by atoms with van der Waals surface area (Å²) in [5.74, 6) is -0.497. The van der Waals surface area contributed by atoms with Crippen LogP contribution in [0.4, 0.5) is 10.5 Å². The Labute approximate surface area is 235 Å². The molecule has 0 aromatic heterocycles. The molecule has 0 aliphatic carbocycles. The SMILES string of the molecule is CCOC(=O)CN1CCN(CC2CN(c3ccc(C(N)=NC(=O)c4ccc(C(C)(C)C)cc4)cc3)C(=O)O2)CC1. The number of aliphatic imine (C=N–C) groups is 1. The number of hydrogen-bond donors (Lipinski definition) is 1. The van der Waals surface area contributed by atoms with E-state index in [0.29, 0.717) is 43.1 Å². The van der Waals surface area contributed by atoms with Crippen LogP contribution < -0.4 is 10.6 Å². The molecule has 4 rings (SSSR count). The van der Waals surface area contributed by atoms with E-state index in [1.54, 1.807) is 48.2 Å². The second-order valence-corrected chi connectivity index (χ2v) is 11.2. The fourth-order valence-electron chi connectivity index (χ4n) is 4.80. The summed E-state index contributed by atoms with van der Waals surface area (Å²) in [4.78, 5) is 46.9. The van der Waals surface area contributed by atoms with Crippen molar-refractivity contribution in [1.82, 2.24) is 9.80 Å². The monoisotopic (exact) mass is 549 g/mol. The van der Waals surface area contributed by atoms with E-state index in [9.17, 15) is 14.4 Å². The maximum Gasteiger partial charge on any atom is 0.414 e. The van der Waals surface area contributed by atoms with Crippen LogP contribution in [0.2, 0.25) is 0 Å². The van der Waals surface area contributed by atoms with Crippen LogP contribution in [0, 0.1) is 0 Å². The first kappa shape index (κ1) is 29.2. The van der Waals surface area contributed by atoms with Gasteiger partial charge >= 0.3 is 12.1 Å². The average Bonchev–Trinajstić information content (AvgIpc) is 3.29. The molecule has 0 bridgehead atoms. The van der Waals surface area contributed by atoms with Crippen molar-refractivity contribution in [3.63, 3.8) is 0 Å². The van der Waals surface area contributed by atoms with Gasteiger partial charge in [-0.1, -0.05) is 32.9 Å². The zero-order valence-electron chi connectivity index (χ0n) is 23.8. The molecule has 1 atom stereocenters. The molecule has 2 N–H and O–H groups in total. The van der Waals surface area contributed by atoms with E-state index in [1.807, 2.05) is 12.1 Å². The molecule has 2 amide bonds. The standard InChI is InChI=1S/C30H39N5O5/c1-5-39-26(36)20-34-16-14-33(15-17-34)18-25-19-35(29(38)40-25)24-12-8-21(9-13-24)27(31)32-28(37)22-6-10-23(11-7-22)30(2,3)4/h6-13,25H,5,14-20H2,1-4H3,(H2,31,32,37). The summed E-state index contributed by atoms with van der Waals surface area (Å²) in [6.45, 7) is 13.0. The number of esters is 1. The first-order valence-corrected chi connectivity index (χ1v) is 13.7. The van der Waals surface area contributed by atoms with Crippen molar-refractivity contribution in [2.75, 3.05) is 57.3 Å². The maximum atomic E-state index is 12.6. The molecule has 2 aliphatic rings. The van der Waals surface area contributed by atoms with Gasteiger partial charge in [-0.3, -0.25) is 24.3 Å². The molecule has 2 heterocycles. The zero-order valence-corrected chi connectivity index (χ0v) is 23.8. The van der Waals surface area contributed by atoms with Crippen molar-refractivity contribution < 1.29 is 23.9 Å². The Morgan fingerprint density at radius 3 is 2.17 bits per heavy atom. The van der Waals surface area contributed by atoms with Gasteiger partial charge in [0, 0.05) is 49.5 Å². The van der Waals surface area contributed by atoms with E-state index in [0.717, 1.165) is 31.7 Å². The summed E-state index contributed by atoms with van der Waals surface area (Å²) < 4.78 is 10.7. The molecule has 2 aromatic rings. The summed E-state index contributed by atoms with van der Waals surface area (Å²) in [7, 11) is 0. The normalized spacial score (nSPS) is 19.0. The molecule has 2 saturated heterocycles. The highest BCUT2D eigenvalue weighted by atomic mass is 16.6. The van der Waals surface area contributed by atoms with Gasteiger partial charge in [0.25, 0.3) is 5.91 Å². The van der Waals surface area contributed by atoms with Crippen LogP contribution in [-0.4, -0.2) is 92.1 Å². The summed E-state index contributed by atoms with van der Waals surface area (Å²) in [6.07, 6.45) is -0.646. The van der Waals surface area contributed by atoms with Crippen LogP contribution in [0.5, 0.6) is 0 Å². The van der Waals surface area contributed by atoms with Crippen molar-refractivity contribution in [3.8, 4) is 0 Å². The Kier molecular flexibility index (Phi) is 9.21. The Hall–Kier alpha value is -3.76. The quantitative estimate of drug-likeness (QED) is 0.303. The second-order valence-electron chi connectivity index (χ2n) is 11.2. The fourth-order valence-corrected chi connectivity index (χ4v) is 4.80. The van der Waals surface area contributed by atoms with Gasteiger partial charge in [0.15, 0.2) is 0 Å². The van der Waals surface area contributed by atoms with E-state index in [1.165, 1.54) is 0 Å². The van der Waals surface area contributed by atoms with E-state index in [4.69, 9.17) is 15.2 Å². The van der Waals surface area contributed by atoms with E-state index < -0.39 is 12.0 Å². The lowest BCUT2D eigenvalue weighted by Crippen LogP contribution is -2.50. The van der Waals surface area contributed by atoms with Crippen LogP contribution in [0.1, 0.15) is 49.2 Å². The minimum atomic E-state index is -0.408. The molecular weight excluding hydrogens is 510 g/mol. The third-order valence-electron chi connectivity index (χ3n) is 7.15. The highest BCUT2D eigenvalue weighted by Crippen LogP contribution is 2.24. The summed E-state index contributed by atoms with van der Waals surface area (Å²) in [5.41, 5.74) is 9.01. The predicted molar refractivity (Wildman–Crippen MR) is 154 cm³/mol. The van der Waals surface area contributed by atoms with Crippen molar-refractivity contribution in [2.24, 2.45) is 10.7 Å². The van der Waals surface area contributed by atoms with Gasteiger partial charge in [0.2, 0.25) is 0 Å². The Morgan fingerprint density at radius 1 is 0.975 bits per heavy atom. The van der Waals surface area contributed by atoms with Crippen LogP contribution in [0.15, 0.2) is 53.5 Å². The molecule has 10 nitrogen and oxygen atoms in total.